The Balaban J connectivity index is 1.69. The van der Waals surface area contributed by atoms with Crippen LogP contribution in [0.3, 0.4) is 0 Å². The summed E-state index contributed by atoms with van der Waals surface area (Å²) in [6.45, 7) is 1.23. The van der Waals surface area contributed by atoms with Gasteiger partial charge in [-0.3, -0.25) is 9.36 Å². The molecule has 0 bridgehead atoms. The zero-order chi connectivity index (χ0) is 27.6. The molecule has 32 heavy (non-hydrogen) atoms. The minimum Gasteiger partial charge on any atom is -0.393 e. The van der Waals surface area contributed by atoms with E-state index in [0.29, 0.717) is 12.8 Å². The first-order valence-corrected chi connectivity index (χ1v) is 11.7. The Hall–Kier alpha value is -2.18. The molecule has 2 aromatic heterocycles. The van der Waals surface area contributed by atoms with Crippen molar-refractivity contribution in [3.8, 4) is 0 Å². The fourth-order valence-electron chi connectivity index (χ4n) is 4.39. The molecular formula is C20H27F2N5O4S. The van der Waals surface area contributed by atoms with Gasteiger partial charge in [0.15, 0.2) is 0 Å². The lowest BCUT2D eigenvalue weighted by molar-refractivity contribution is 0.127. The molecule has 1 saturated carbocycles. The molecule has 2 aliphatic rings. The highest BCUT2D eigenvalue weighted by Crippen LogP contribution is 2.37. The predicted octanol–water partition coefficient (Wildman–Crippen LogP) is 1.90. The maximum atomic E-state index is 14.0. The molecule has 0 radical (unpaired) electrons. The lowest BCUT2D eigenvalue weighted by Gasteiger charge is -2.30. The van der Waals surface area contributed by atoms with Crippen LogP contribution in [0.25, 0.3) is 11.0 Å². The maximum absolute atomic E-state index is 14.0. The Morgan fingerprint density at radius 1 is 1.34 bits per heavy atom. The van der Waals surface area contributed by atoms with Gasteiger partial charge in [0.25, 0.3) is 12.0 Å². The third kappa shape index (κ3) is 4.35. The summed E-state index contributed by atoms with van der Waals surface area (Å²) in [5, 5.41) is 13.1. The Morgan fingerprint density at radius 2 is 2.06 bits per heavy atom. The highest BCUT2D eigenvalue weighted by Gasteiger charge is 2.35. The number of aliphatic hydroxyl groups excluding tert-OH is 1. The number of aliphatic hydroxyl groups is 1. The van der Waals surface area contributed by atoms with E-state index in [1.165, 1.54) is 6.20 Å². The number of rotatable bonds is 5. The van der Waals surface area contributed by atoms with Crippen molar-refractivity contribution in [1.82, 2.24) is 18.8 Å². The monoisotopic (exact) mass is 476 g/mol. The molecule has 4 rings (SSSR count). The van der Waals surface area contributed by atoms with Gasteiger partial charge < -0.3 is 10.4 Å². The van der Waals surface area contributed by atoms with Crippen molar-refractivity contribution in [2.45, 2.75) is 57.2 Å². The second kappa shape index (κ2) is 8.64. The van der Waals surface area contributed by atoms with Crippen molar-refractivity contribution in [3.63, 3.8) is 0 Å². The molecule has 0 unspecified atom stereocenters. The van der Waals surface area contributed by atoms with E-state index in [4.69, 9.17) is 6.85 Å². The topological polar surface area (TPSA) is 117 Å². The van der Waals surface area contributed by atoms with Crippen LogP contribution in [-0.2, 0) is 10.0 Å². The molecule has 3 heterocycles. The number of alkyl halides is 2. The van der Waals surface area contributed by atoms with Gasteiger partial charge in [0.2, 0.25) is 16.0 Å². The van der Waals surface area contributed by atoms with Gasteiger partial charge >= 0.3 is 0 Å². The summed E-state index contributed by atoms with van der Waals surface area (Å²) >= 11 is 0. The number of piperidine rings is 1. The molecule has 2 aromatic rings. The minimum absolute atomic E-state index is 0.00698. The molecule has 1 saturated heterocycles. The van der Waals surface area contributed by atoms with Gasteiger partial charge in [-0.05, 0) is 31.7 Å². The lowest BCUT2D eigenvalue weighted by atomic mass is 10.0. The molecule has 176 valence electrons. The van der Waals surface area contributed by atoms with Gasteiger partial charge in [-0.2, -0.15) is 4.98 Å². The van der Waals surface area contributed by atoms with Gasteiger partial charge in [-0.25, -0.2) is 26.5 Å². The van der Waals surface area contributed by atoms with Crippen molar-refractivity contribution in [2.75, 3.05) is 24.6 Å². The average molecular weight is 477 g/mol. The molecule has 1 aliphatic carbocycles. The molecule has 9 nitrogen and oxygen atoms in total. The predicted molar refractivity (Wildman–Crippen MR) is 115 cm³/mol. The Kier molecular flexibility index (Phi) is 4.67. The molecule has 12 heteroatoms. The van der Waals surface area contributed by atoms with Gasteiger partial charge in [0.1, 0.15) is 7.02 Å². The average Bonchev–Trinajstić information content (AvgIpc) is 3.10. The van der Waals surface area contributed by atoms with E-state index >= 15 is 0 Å². The number of hydrogen-bond acceptors (Lipinski definition) is 7. The summed E-state index contributed by atoms with van der Waals surface area (Å²) < 4.78 is 91.7. The standard InChI is InChI=1S/C20H27F2N5O4S/c1-11-15(3-4-16(11)28)27-18-12(9-14(17(21)22)19(27)29)10-23-20(25-18)24-13-5-7-26(8-6-13)32(2,30)31/h9-11,13,15-17,28H,3-8H2,1-2H3,(H,23,24,25)/t11-,15-,16-/m0/s1/i2D3,13D,17D. The lowest BCUT2D eigenvalue weighted by Crippen LogP contribution is -2.42. The number of hydrogen-bond donors (Lipinski definition) is 2. The molecule has 0 spiro atoms. The number of aromatic nitrogens is 3. The number of pyridine rings is 1. The largest absolute Gasteiger partial charge is 0.393 e. The summed E-state index contributed by atoms with van der Waals surface area (Å²) in [5.41, 5.74) is -2.16. The first kappa shape index (κ1) is 17.3. The quantitative estimate of drug-likeness (QED) is 0.677. The van der Waals surface area contributed by atoms with E-state index in [0.717, 1.165) is 14.9 Å². The number of sulfonamides is 1. The molecule has 0 amide bonds. The van der Waals surface area contributed by atoms with Crippen LogP contribution in [0, 0.1) is 5.92 Å². The summed E-state index contributed by atoms with van der Waals surface area (Å²) in [6.07, 6.45) is -6.45. The number of nitrogens with one attached hydrogen (secondary N) is 1. The Bertz CT molecular complexity index is 1360. The Morgan fingerprint density at radius 3 is 2.66 bits per heavy atom. The molecule has 0 aromatic carbocycles. The van der Waals surface area contributed by atoms with Crippen molar-refractivity contribution in [1.29, 1.82) is 0 Å². The van der Waals surface area contributed by atoms with E-state index in [-0.39, 0.29) is 42.9 Å². The third-order valence-corrected chi connectivity index (χ3v) is 7.28. The third-order valence-electron chi connectivity index (χ3n) is 6.23. The van der Waals surface area contributed by atoms with Gasteiger partial charge in [-0.15, -0.1) is 0 Å². The van der Waals surface area contributed by atoms with E-state index in [1.807, 2.05) is 0 Å². The van der Waals surface area contributed by atoms with Crippen LogP contribution < -0.4 is 10.9 Å². The highest BCUT2D eigenvalue weighted by atomic mass is 32.2. The fourth-order valence-corrected chi connectivity index (χ4v) is 5.05. The molecule has 3 atom stereocenters. The fraction of sp³-hybridized carbons (Fsp3) is 0.650. The maximum Gasteiger partial charge on any atom is 0.269 e. The van der Waals surface area contributed by atoms with Crippen LogP contribution in [-0.4, -0.2) is 63.8 Å². The van der Waals surface area contributed by atoms with Crippen LogP contribution in [0.2, 0.25) is 0 Å². The number of anilines is 1. The molecule has 2 N–H and O–H groups in total. The van der Waals surface area contributed by atoms with Gasteiger partial charge in [-0.1, -0.05) is 6.92 Å². The summed E-state index contributed by atoms with van der Waals surface area (Å²) in [6, 6.07) is -1.27. The summed E-state index contributed by atoms with van der Waals surface area (Å²) in [5.74, 6) is -0.562. The van der Waals surface area contributed by atoms with E-state index in [9.17, 15) is 27.1 Å². The number of halogens is 2. The van der Waals surface area contributed by atoms with Crippen LogP contribution in [0.5, 0.6) is 0 Å². The SMILES string of the molecule is [2H]C1(Nc2ncc3cc(C([2H])(F)F)c(=O)n([C@H]4CC[C@H](O)[C@H]4C)c3n2)CCN(S(=O)(=O)C([2H])([2H])[2H])CC1. The van der Waals surface area contributed by atoms with Crippen molar-refractivity contribution >= 4 is 27.0 Å². The minimum atomic E-state index is -4.54. The molecule has 1 aliphatic heterocycles. The second-order valence-corrected chi connectivity index (χ2v) is 9.64. The van der Waals surface area contributed by atoms with E-state index in [2.05, 4.69) is 15.3 Å². The zero-order valence-electron chi connectivity index (χ0n) is 22.3. The second-order valence-electron chi connectivity index (χ2n) is 8.17. The van der Waals surface area contributed by atoms with Gasteiger partial charge in [0.05, 0.1) is 19.2 Å². The van der Waals surface area contributed by atoms with E-state index in [1.54, 1.807) is 6.92 Å². The van der Waals surface area contributed by atoms with Crippen LogP contribution in [0.1, 0.15) is 57.5 Å². The Labute approximate surface area is 191 Å². The van der Waals surface area contributed by atoms with Crippen LogP contribution in [0.15, 0.2) is 17.1 Å². The molecule has 2 fully saturated rings. The first-order chi connectivity index (χ1) is 16.9. The smallest absolute Gasteiger partial charge is 0.269 e. The van der Waals surface area contributed by atoms with Crippen molar-refractivity contribution in [3.05, 3.63) is 28.2 Å². The van der Waals surface area contributed by atoms with Crippen LogP contribution >= 0.6 is 0 Å². The van der Waals surface area contributed by atoms with E-state index < -0.39 is 57.8 Å². The number of fused-ring (bicyclic) bond motifs is 1. The highest BCUT2D eigenvalue weighted by molar-refractivity contribution is 7.88. The summed E-state index contributed by atoms with van der Waals surface area (Å²) in [4.78, 5) is 21.5. The van der Waals surface area contributed by atoms with Crippen molar-refractivity contribution < 1.29 is 29.2 Å². The van der Waals surface area contributed by atoms with Crippen LogP contribution in [0.4, 0.5) is 14.7 Å². The molecular weight excluding hydrogens is 444 g/mol. The number of nitrogens with zero attached hydrogens (tertiary/aromatic N) is 4. The van der Waals surface area contributed by atoms with Gasteiger partial charge in [0, 0.05) is 46.8 Å². The summed E-state index contributed by atoms with van der Waals surface area (Å²) in [7, 11) is -4.54. The first-order valence-electron chi connectivity index (χ1n) is 12.7. The zero-order valence-corrected chi connectivity index (χ0v) is 18.1. The van der Waals surface area contributed by atoms with Crippen molar-refractivity contribution in [2.24, 2.45) is 5.92 Å². The normalized spacial score (nSPS) is 29.6.